The molecule has 0 aromatic heterocycles. The number of carbonyl (C=O) groups excluding carboxylic acids is 2. The highest BCUT2D eigenvalue weighted by molar-refractivity contribution is 5.79. The summed E-state index contributed by atoms with van der Waals surface area (Å²) in [4.78, 5) is 26.2. The zero-order valence-corrected chi connectivity index (χ0v) is 15.1. The quantitative estimate of drug-likeness (QED) is 0.847. The number of nitrogens with one attached hydrogen (secondary N) is 1. The fourth-order valence-corrected chi connectivity index (χ4v) is 3.48. The molecule has 0 aromatic rings. The molecule has 0 bridgehead atoms. The van der Waals surface area contributed by atoms with Crippen LogP contribution in [0.2, 0.25) is 0 Å². The Balaban J connectivity index is 1.77. The Morgan fingerprint density at radius 3 is 2.22 bits per heavy atom. The lowest BCUT2D eigenvalue weighted by molar-refractivity contribution is -0.127. The van der Waals surface area contributed by atoms with Gasteiger partial charge in [-0.15, -0.1) is 0 Å². The number of ether oxygens (including phenoxy) is 1. The maximum atomic E-state index is 12.5. The third kappa shape index (κ3) is 5.40. The summed E-state index contributed by atoms with van der Waals surface area (Å²) in [5, 5.41) is 3.25. The van der Waals surface area contributed by atoms with Gasteiger partial charge in [-0.2, -0.15) is 0 Å². The first-order valence-corrected chi connectivity index (χ1v) is 9.04. The van der Waals surface area contributed by atoms with Crippen LogP contribution >= 0.6 is 0 Å². The van der Waals surface area contributed by atoms with Gasteiger partial charge in [-0.25, -0.2) is 4.79 Å². The van der Waals surface area contributed by atoms with E-state index >= 15 is 0 Å². The molecule has 0 spiro atoms. The minimum absolute atomic E-state index is 0.0304. The van der Waals surface area contributed by atoms with Crippen molar-refractivity contribution in [2.24, 2.45) is 11.8 Å². The van der Waals surface area contributed by atoms with Crippen LogP contribution in [0.5, 0.6) is 0 Å². The van der Waals surface area contributed by atoms with Gasteiger partial charge < -0.3 is 15.0 Å². The second-order valence-electron chi connectivity index (χ2n) is 8.12. The standard InChI is InChI=1S/C18H32N2O3/c1-13-7-5-6-8-15(13)19-16(21)14-9-11-20(12-10-14)17(22)23-18(2,3)4/h13-15H,5-12H2,1-4H3,(H,19,21)/t13-,15+/m0/s1. The van der Waals surface area contributed by atoms with Gasteiger partial charge in [0.2, 0.25) is 5.91 Å². The summed E-state index contributed by atoms with van der Waals surface area (Å²) >= 11 is 0. The molecule has 5 heteroatoms. The second-order valence-corrected chi connectivity index (χ2v) is 8.12. The van der Waals surface area contributed by atoms with Crippen LogP contribution in [-0.4, -0.2) is 41.6 Å². The van der Waals surface area contributed by atoms with Gasteiger partial charge in [-0.1, -0.05) is 19.8 Å². The van der Waals surface area contributed by atoms with E-state index in [4.69, 9.17) is 4.74 Å². The highest BCUT2D eigenvalue weighted by atomic mass is 16.6. The van der Waals surface area contributed by atoms with Gasteiger partial charge in [-0.05, 0) is 52.4 Å². The molecule has 1 aliphatic carbocycles. The minimum Gasteiger partial charge on any atom is -0.444 e. The highest BCUT2D eigenvalue weighted by Crippen LogP contribution is 2.25. The normalized spacial score (nSPS) is 26.7. The monoisotopic (exact) mass is 324 g/mol. The van der Waals surface area contributed by atoms with E-state index < -0.39 is 5.60 Å². The van der Waals surface area contributed by atoms with Crippen molar-refractivity contribution in [2.75, 3.05) is 13.1 Å². The molecule has 23 heavy (non-hydrogen) atoms. The smallest absolute Gasteiger partial charge is 0.410 e. The molecule has 0 aromatic carbocycles. The largest absolute Gasteiger partial charge is 0.444 e. The van der Waals surface area contributed by atoms with Crippen LogP contribution in [0.1, 0.15) is 66.2 Å². The van der Waals surface area contributed by atoms with Crippen molar-refractivity contribution in [2.45, 2.75) is 77.9 Å². The molecule has 2 aliphatic rings. The van der Waals surface area contributed by atoms with Crippen LogP contribution in [0, 0.1) is 11.8 Å². The molecule has 1 heterocycles. The zero-order valence-electron chi connectivity index (χ0n) is 15.1. The summed E-state index contributed by atoms with van der Waals surface area (Å²) in [6.07, 6.45) is 6.00. The van der Waals surface area contributed by atoms with E-state index in [9.17, 15) is 9.59 Å². The number of hydrogen-bond donors (Lipinski definition) is 1. The van der Waals surface area contributed by atoms with Crippen molar-refractivity contribution < 1.29 is 14.3 Å². The Bertz CT molecular complexity index is 422. The van der Waals surface area contributed by atoms with Crippen LogP contribution in [0.15, 0.2) is 0 Å². The van der Waals surface area contributed by atoms with Crippen molar-refractivity contribution >= 4 is 12.0 Å². The van der Waals surface area contributed by atoms with Gasteiger partial charge in [0, 0.05) is 25.0 Å². The third-order valence-electron chi connectivity index (χ3n) is 4.96. The van der Waals surface area contributed by atoms with Crippen LogP contribution in [0.25, 0.3) is 0 Å². The Labute approximate surface area is 140 Å². The number of rotatable bonds is 2. The first kappa shape index (κ1) is 18.1. The first-order chi connectivity index (χ1) is 10.8. The average molecular weight is 324 g/mol. The summed E-state index contributed by atoms with van der Waals surface area (Å²) in [6, 6.07) is 0.333. The van der Waals surface area contributed by atoms with Gasteiger partial charge >= 0.3 is 6.09 Å². The predicted octanol–water partition coefficient (Wildman–Crippen LogP) is 3.33. The van der Waals surface area contributed by atoms with E-state index in [1.54, 1.807) is 4.90 Å². The highest BCUT2D eigenvalue weighted by Gasteiger charge is 2.31. The Morgan fingerprint density at radius 2 is 1.65 bits per heavy atom. The van der Waals surface area contributed by atoms with Gasteiger partial charge in [-0.3, -0.25) is 4.79 Å². The second kappa shape index (κ2) is 7.54. The van der Waals surface area contributed by atoms with E-state index in [1.165, 1.54) is 19.3 Å². The van der Waals surface area contributed by atoms with E-state index in [1.807, 2.05) is 20.8 Å². The molecular formula is C18H32N2O3. The number of amides is 2. The number of piperidine rings is 1. The Hall–Kier alpha value is -1.26. The van der Waals surface area contributed by atoms with E-state index in [0.717, 1.165) is 19.3 Å². The molecule has 5 nitrogen and oxygen atoms in total. The van der Waals surface area contributed by atoms with Crippen molar-refractivity contribution in [3.05, 3.63) is 0 Å². The van der Waals surface area contributed by atoms with E-state index in [2.05, 4.69) is 12.2 Å². The molecule has 2 atom stereocenters. The lowest BCUT2D eigenvalue weighted by Crippen LogP contribution is -2.48. The topological polar surface area (TPSA) is 58.6 Å². The molecule has 1 saturated heterocycles. The summed E-state index contributed by atoms with van der Waals surface area (Å²) < 4.78 is 5.39. The van der Waals surface area contributed by atoms with Gasteiger partial charge in [0.05, 0.1) is 0 Å². The minimum atomic E-state index is -0.470. The SMILES string of the molecule is C[C@H]1CCCC[C@H]1NC(=O)C1CCN(C(=O)OC(C)(C)C)CC1. The fraction of sp³-hybridized carbons (Fsp3) is 0.889. The predicted molar refractivity (Wildman–Crippen MR) is 90.1 cm³/mol. The molecular weight excluding hydrogens is 292 g/mol. The first-order valence-electron chi connectivity index (χ1n) is 9.04. The Morgan fingerprint density at radius 1 is 1.04 bits per heavy atom. The number of nitrogens with zero attached hydrogens (tertiary/aromatic N) is 1. The maximum Gasteiger partial charge on any atom is 0.410 e. The van der Waals surface area contributed by atoms with Crippen LogP contribution in [-0.2, 0) is 9.53 Å². The molecule has 132 valence electrons. The molecule has 1 N–H and O–H groups in total. The molecule has 0 radical (unpaired) electrons. The van der Waals surface area contributed by atoms with Crippen molar-refractivity contribution in [1.29, 1.82) is 0 Å². The van der Waals surface area contributed by atoms with Crippen LogP contribution in [0.4, 0.5) is 4.79 Å². The summed E-state index contributed by atoms with van der Waals surface area (Å²) in [5.41, 5.74) is -0.470. The molecule has 2 fully saturated rings. The average Bonchev–Trinajstić information content (AvgIpc) is 2.48. The van der Waals surface area contributed by atoms with Crippen LogP contribution in [0.3, 0.4) is 0 Å². The number of hydrogen-bond acceptors (Lipinski definition) is 3. The van der Waals surface area contributed by atoms with Crippen LogP contribution < -0.4 is 5.32 Å². The molecule has 1 saturated carbocycles. The lowest BCUT2D eigenvalue weighted by atomic mass is 9.85. The van der Waals surface area contributed by atoms with Crippen molar-refractivity contribution in [1.82, 2.24) is 10.2 Å². The summed E-state index contributed by atoms with van der Waals surface area (Å²) in [7, 11) is 0. The van der Waals surface area contributed by atoms with E-state index in [-0.39, 0.29) is 17.9 Å². The molecule has 2 rings (SSSR count). The van der Waals surface area contributed by atoms with Crippen molar-refractivity contribution in [3.63, 3.8) is 0 Å². The summed E-state index contributed by atoms with van der Waals surface area (Å²) in [5.74, 6) is 0.782. The zero-order chi connectivity index (χ0) is 17.0. The fourth-order valence-electron chi connectivity index (χ4n) is 3.48. The van der Waals surface area contributed by atoms with Gasteiger partial charge in [0.15, 0.2) is 0 Å². The molecule has 1 aliphatic heterocycles. The van der Waals surface area contributed by atoms with Gasteiger partial charge in [0.25, 0.3) is 0 Å². The van der Waals surface area contributed by atoms with E-state index in [0.29, 0.717) is 25.0 Å². The number of carbonyl (C=O) groups is 2. The summed E-state index contributed by atoms with van der Waals surface area (Å²) in [6.45, 7) is 9.05. The Kier molecular flexibility index (Phi) is 5.93. The number of likely N-dealkylation sites (tertiary alicyclic amines) is 1. The van der Waals surface area contributed by atoms with Crippen molar-refractivity contribution in [3.8, 4) is 0 Å². The third-order valence-corrected chi connectivity index (χ3v) is 4.96. The maximum absolute atomic E-state index is 12.5. The molecule has 0 unspecified atom stereocenters. The molecule has 2 amide bonds. The van der Waals surface area contributed by atoms with Gasteiger partial charge in [0.1, 0.15) is 5.60 Å². The lowest BCUT2D eigenvalue weighted by Gasteiger charge is -2.35.